The lowest BCUT2D eigenvalue weighted by molar-refractivity contribution is 0.0692. The molecule has 0 saturated carbocycles. The van der Waals surface area contributed by atoms with Gasteiger partial charge in [-0.25, -0.2) is 19.6 Å². The number of carboxylic acids is 1. The minimum absolute atomic E-state index is 0.00116. The van der Waals surface area contributed by atoms with Gasteiger partial charge in [0.2, 0.25) is 0 Å². The number of methoxy groups -OCH3 is 1. The zero-order valence-corrected chi connectivity index (χ0v) is 19.8. The van der Waals surface area contributed by atoms with Crippen LogP contribution in [0.2, 0.25) is 0 Å². The molecule has 0 atom stereocenters. The van der Waals surface area contributed by atoms with Crippen molar-refractivity contribution in [1.29, 1.82) is 0 Å². The summed E-state index contributed by atoms with van der Waals surface area (Å²) in [4.78, 5) is 35.7. The highest BCUT2D eigenvalue weighted by Crippen LogP contribution is 2.39. The topological polar surface area (TPSA) is 105 Å². The molecule has 0 fully saturated rings. The SMILES string of the molecule is COc1ccc(-c2sc(-c3ccc4c(c3)N(C(=O)Nc3nccs3)CCC4)nc2C(=O)O)cc1. The number of ether oxygens (including phenoxy) is 1. The van der Waals surface area contributed by atoms with Crippen LogP contribution in [0.4, 0.5) is 15.6 Å². The highest BCUT2D eigenvalue weighted by molar-refractivity contribution is 7.18. The monoisotopic (exact) mass is 492 g/mol. The average molecular weight is 493 g/mol. The van der Waals surface area contributed by atoms with Crippen LogP contribution in [-0.4, -0.2) is 40.7 Å². The molecule has 34 heavy (non-hydrogen) atoms. The Kier molecular flexibility index (Phi) is 5.99. The first kappa shape index (κ1) is 22.1. The number of hydrogen-bond donors (Lipinski definition) is 2. The average Bonchev–Trinajstić information content (AvgIpc) is 3.54. The second kappa shape index (κ2) is 9.24. The second-order valence-electron chi connectivity index (χ2n) is 7.60. The van der Waals surface area contributed by atoms with Crippen molar-refractivity contribution in [2.45, 2.75) is 12.8 Å². The van der Waals surface area contributed by atoms with E-state index in [0.717, 1.165) is 35.2 Å². The lowest BCUT2D eigenvalue weighted by Gasteiger charge is -2.29. The molecule has 2 aromatic heterocycles. The van der Waals surface area contributed by atoms with E-state index in [1.54, 1.807) is 35.7 Å². The predicted octanol–water partition coefficient (Wildman–Crippen LogP) is 5.63. The molecular formula is C24H20N4O4S2. The zero-order chi connectivity index (χ0) is 23.7. The minimum atomic E-state index is -1.09. The van der Waals surface area contributed by atoms with Crippen LogP contribution in [0.3, 0.4) is 0 Å². The van der Waals surface area contributed by atoms with Crippen LogP contribution in [-0.2, 0) is 6.42 Å². The van der Waals surface area contributed by atoms with Crippen LogP contribution >= 0.6 is 22.7 Å². The summed E-state index contributed by atoms with van der Waals surface area (Å²) in [5.74, 6) is -0.396. The number of urea groups is 1. The number of carbonyl (C=O) groups is 2. The van der Waals surface area contributed by atoms with Gasteiger partial charge in [0.05, 0.1) is 12.0 Å². The number of amides is 2. The molecule has 1 aliphatic heterocycles. The van der Waals surface area contributed by atoms with Crippen molar-refractivity contribution in [3.8, 4) is 26.8 Å². The van der Waals surface area contributed by atoms with Crippen molar-refractivity contribution in [1.82, 2.24) is 9.97 Å². The van der Waals surface area contributed by atoms with Gasteiger partial charge in [-0.05, 0) is 54.3 Å². The summed E-state index contributed by atoms with van der Waals surface area (Å²) < 4.78 is 5.20. The molecule has 2 aromatic carbocycles. The Morgan fingerprint density at radius 1 is 1.15 bits per heavy atom. The first-order valence-electron chi connectivity index (χ1n) is 10.5. The largest absolute Gasteiger partial charge is 0.497 e. The molecule has 172 valence electrons. The Hall–Kier alpha value is -3.76. The first-order valence-corrected chi connectivity index (χ1v) is 12.2. The van der Waals surface area contributed by atoms with Crippen molar-refractivity contribution < 1.29 is 19.4 Å². The van der Waals surface area contributed by atoms with E-state index >= 15 is 0 Å². The van der Waals surface area contributed by atoms with Gasteiger partial charge in [-0.15, -0.1) is 22.7 Å². The van der Waals surface area contributed by atoms with Crippen LogP contribution in [0, 0.1) is 0 Å². The number of aromatic nitrogens is 2. The predicted molar refractivity (Wildman–Crippen MR) is 133 cm³/mol. The third-order valence-electron chi connectivity index (χ3n) is 5.52. The third-order valence-corrected chi connectivity index (χ3v) is 7.37. The van der Waals surface area contributed by atoms with E-state index in [4.69, 9.17) is 4.74 Å². The fourth-order valence-electron chi connectivity index (χ4n) is 3.89. The molecule has 0 aliphatic carbocycles. The number of fused-ring (bicyclic) bond motifs is 1. The quantitative estimate of drug-likeness (QED) is 0.374. The number of anilines is 2. The number of carbonyl (C=O) groups excluding carboxylic acids is 1. The number of rotatable bonds is 5. The fourth-order valence-corrected chi connectivity index (χ4v) is 5.47. The van der Waals surface area contributed by atoms with Gasteiger partial charge < -0.3 is 9.84 Å². The summed E-state index contributed by atoms with van der Waals surface area (Å²) in [7, 11) is 1.58. The van der Waals surface area contributed by atoms with Crippen LogP contribution < -0.4 is 15.0 Å². The van der Waals surface area contributed by atoms with Crippen molar-refractivity contribution >= 4 is 45.5 Å². The Bertz CT molecular complexity index is 1350. The van der Waals surface area contributed by atoms with E-state index in [1.165, 1.54) is 22.7 Å². The van der Waals surface area contributed by atoms with Crippen LogP contribution in [0.1, 0.15) is 22.5 Å². The highest BCUT2D eigenvalue weighted by Gasteiger charge is 2.25. The maximum atomic E-state index is 12.9. The summed E-state index contributed by atoms with van der Waals surface area (Å²) >= 11 is 2.67. The Labute approximate surface area is 203 Å². The number of carboxylic acid groups (broad SMARTS) is 1. The first-order chi connectivity index (χ1) is 16.5. The van der Waals surface area contributed by atoms with E-state index in [9.17, 15) is 14.7 Å². The van der Waals surface area contributed by atoms with E-state index in [1.807, 2.05) is 30.3 Å². The molecule has 3 heterocycles. The van der Waals surface area contributed by atoms with Crippen LogP contribution in [0.25, 0.3) is 21.0 Å². The van der Waals surface area contributed by atoms with Gasteiger partial charge in [0.15, 0.2) is 10.8 Å². The van der Waals surface area contributed by atoms with Crippen molar-refractivity contribution in [3.63, 3.8) is 0 Å². The number of thiazole rings is 2. The van der Waals surface area contributed by atoms with Gasteiger partial charge in [0, 0.05) is 29.4 Å². The van der Waals surface area contributed by atoms with Crippen LogP contribution in [0.15, 0.2) is 54.0 Å². The maximum absolute atomic E-state index is 12.9. The van der Waals surface area contributed by atoms with Gasteiger partial charge >= 0.3 is 12.0 Å². The van der Waals surface area contributed by atoms with Gasteiger partial charge in [-0.2, -0.15) is 0 Å². The summed E-state index contributed by atoms with van der Waals surface area (Å²) in [6.07, 6.45) is 3.37. The van der Waals surface area contributed by atoms with Crippen molar-refractivity contribution in [2.24, 2.45) is 0 Å². The summed E-state index contributed by atoms with van der Waals surface area (Å²) in [6.45, 7) is 0.586. The third kappa shape index (κ3) is 4.25. The standard InChI is InChI=1S/C24H20N4O4S2/c1-32-17-8-6-15(7-9-17)20-19(22(29)30)26-21(34-20)16-5-4-14-3-2-11-28(18(14)13-16)24(31)27-23-25-10-12-33-23/h4-10,12-13H,2-3,11H2,1H3,(H,29,30)(H,25,27,31). The van der Waals surface area contributed by atoms with Gasteiger partial charge in [-0.1, -0.05) is 12.1 Å². The molecule has 5 rings (SSSR count). The normalized spacial score (nSPS) is 12.8. The summed E-state index contributed by atoms with van der Waals surface area (Å²) in [5.41, 5.74) is 3.39. The van der Waals surface area contributed by atoms with E-state index in [0.29, 0.717) is 27.3 Å². The molecule has 0 bridgehead atoms. The molecule has 0 radical (unpaired) electrons. The number of aromatic carboxylic acids is 1. The number of nitrogens with one attached hydrogen (secondary N) is 1. The minimum Gasteiger partial charge on any atom is -0.497 e. The molecule has 8 nitrogen and oxygen atoms in total. The van der Waals surface area contributed by atoms with Gasteiger partial charge in [-0.3, -0.25) is 10.2 Å². The fraction of sp³-hybridized carbons (Fsp3) is 0.167. The number of nitrogens with zero attached hydrogens (tertiary/aromatic N) is 3. The molecule has 2 N–H and O–H groups in total. The zero-order valence-electron chi connectivity index (χ0n) is 18.1. The molecule has 10 heteroatoms. The Balaban J connectivity index is 1.51. The summed E-state index contributed by atoms with van der Waals surface area (Å²) in [5, 5.41) is 15.5. The molecule has 0 unspecified atom stereocenters. The summed E-state index contributed by atoms with van der Waals surface area (Å²) in [6, 6.07) is 12.8. The maximum Gasteiger partial charge on any atom is 0.356 e. The number of hydrogen-bond acceptors (Lipinski definition) is 7. The van der Waals surface area contributed by atoms with E-state index in [-0.39, 0.29) is 11.7 Å². The molecule has 2 amide bonds. The molecule has 1 aliphatic rings. The lowest BCUT2D eigenvalue weighted by atomic mass is 10.00. The van der Waals surface area contributed by atoms with Gasteiger partial charge in [0.25, 0.3) is 0 Å². The second-order valence-corrected chi connectivity index (χ2v) is 9.49. The van der Waals surface area contributed by atoms with Crippen molar-refractivity contribution in [2.75, 3.05) is 23.9 Å². The van der Waals surface area contributed by atoms with Crippen LogP contribution in [0.5, 0.6) is 5.75 Å². The number of benzene rings is 2. The highest BCUT2D eigenvalue weighted by atomic mass is 32.1. The van der Waals surface area contributed by atoms with E-state index < -0.39 is 5.97 Å². The van der Waals surface area contributed by atoms with E-state index in [2.05, 4.69) is 15.3 Å². The molecule has 0 saturated heterocycles. The smallest absolute Gasteiger partial charge is 0.356 e. The molecular weight excluding hydrogens is 472 g/mol. The van der Waals surface area contributed by atoms with Crippen molar-refractivity contribution in [3.05, 3.63) is 65.3 Å². The lowest BCUT2D eigenvalue weighted by Crippen LogP contribution is -2.38. The number of aryl methyl sites for hydroxylation is 1. The Morgan fingerprint density at radius 3 is 2.65 bits per heavy atom. The molecule has 0 spiro atoms. The Morgan fingerprint density at radius 2 is 1.94 bits per heavy atom. The molecule has 4 aromatic rings. The van der Waals surface area contributed by atoms with Gasteiger partial charge in [0.1, 0.15) is 10.8 Å².